The first-order valence-electron chi connectivity index (χ1n) is 5.75. The van der Waals surface area contributed by atoms with Gasteiger partial charge in [0.25, 0.3) is 0 Å². The molecule has 1 rings (SSSR count). The Morgan fingerprint density at radius 2 is 1.81 bits per heavy atom. The van der Waals surface area contributed by atoms with Crippen LogP contribution in [0.5, 0.6) is 0 Å². The Hall–Kier alpha value is -0.0600. The van der Waals surface area contributed by atoms with Crippen LogP contribution in [0.3, 0.4) is 0 Å². The van der Waals surface area contributed by atoms with Crippen LogP contribution in [0.15, 0.2) is 0 Å². The number of likely N-dealkylation sites (tertiary alicyclic amines) is 1. The molecule has 1 heterocycles. The van der Waals surface area contributed by atoms with Crippen LogP contribution < -0.4 is 0 Å². The van der Waals surface area contributed by atoms with E-state index in [-0.39, 0.29) is 22.1 Å². The second-order valence-corrected chi connectivity index (χ2v) is 7.26. The van der Waals surface area contributed by atoms with Crippen LogP contribution in [0, 0.1) is 5.41 Å². The molecule has 0 aliphatic carbocycles. The molecular weight excluding hydrogens is 222 g/mol. The number of thiol groups is 1. The third-order valence-corrected chi connectivity index (χ3v) is 3.28. The zero-order valence-corrected chi connectivity index (χ0v) is 11.7. The Labute approximate surface area is 104 Å². The van der Waals surface area contributed by atoms with E-state index in [0.717, 1.165) is 0 Å². The molecule has 1 aliphatic rings. The Morgan fingerprint density at radius 1 is 1.31 bits per heavy atom. The maximum Gasteiger partial charge on any atom is 0.155 e. The van der Waals surface area contributed by atoms with E-state index in [9.17, 15) is 9.90 Å². The van der Waals surface area contributed by atoms with Gasteiger partial charge in [0.05, 0.1) is 17.0 Å². The molecule has 0 aromatic rings. The first-order chi connectivity index (χ1) is 7.03. The van der Waals surface area contributed by atoms with Crippen molar-refractivity contribution in [2.75, 3.05) is 6.54 Å². The molecule has 0 amide bonds. The van der Waals surface area contributed by atoms with E-state index in [4.69, 9.17) is 0 Å². The van der Waals surface area contributed by atoms with Gasteiger partial charge in [0.2, 0.25) is 0 Å². The third kappa shape index (κ3) is 2.99. The normalized spacial score (nSPS) is 28.4. The number of Topliss-reactive ketones (excluding diaryl/α,β-unsaturated/α-hetero) is 1. The SMILES string of the molecule is CC(C)(C)C(=O)[C@@H]1C[C@@H](O)CN1C(C)(C)S. The first-order valence-corrected chi connectivity index (χ1v) is 6.19. The summed E-state index contributed by atoms with van der Waals surface area (Å²) in [6, 6.07) is -0.206. The van der Waals surface area contributed by atoms with Crippen molar-refractivity contribution < 1.29 is 9.90 Å². The van der Waals surface area contributed by atoms with E-state index in [1.807, 2.05) is 39.5 Å². The van der Waals surface area contributed by atoms with Crippen LogP contribution in [0.2, 0.25) is 0 Å². The number of ketones is 1. The number of nitrogens with zero attached hydrogens (tertiary/aromatic N) is 1. The number of hydrogen-bond donors (Lipinski definition) is 2. The van der Waals surface area contributed by atoms with Gasteiger partial charge in [0, 0.05) is 12.0 Å². The van der Waals surface area contributed by atoms with Crippen LogP contribution in [-0.2, 0) is 4.79 Å². The van der Waals surface area contributed by atoms with Gasteiger partial charge in [-0.1, -0.05) is 20.8 Å². The zero-order chi connectivity index (χ0) is 12.7. The van der Waals surface area contributed by atoms with Crippen molar-refractivity contribution >= 4 is 18.4 Å². The molecule has 0 aromatic carbocycles. The molecule has 1 fully saturated rings. The summed E-state index contributed by atoms with van der Waals surface area (Å²) in [5.74, 6) is 0.186. The molecule has 0 spiro atoms. The minimum Gasteiger partial charge on any atom is -0.392 e. The molecule has 2 atom stereocenters. The molecule has 16 heavy (non-hydrogen) atoms. The molecule has 0 saturated carbocycles. The van der Waals surface area contributed by atoms with Crippen molar-refractivity contribution in [3.8, 4) is 0 Å². The summed E-state index contributed by atoms with van der Waals surface area (Å²) in [4.78, 5) is 13.9. The standard InChI is InChI=1S/C12H23NO2S/c1-11(2,3)10(15)9-6-8(14)7-13(9)12(4,5)16/h8-9,14,16H,6-7H2,1-5H3/t8-,9+/m1/s1. The maximum absolute atomic E-state index is 12.3. The fourth-order valence-corrected chi connectivity index (χ4v) is 2.39. The lowest BCUT2D eigenvalue weighted by Gasteiger charge is -2.37. The van der Waals surface area contributed by atoms with Gasteiger partial charge in [-0.05, 0) is 20.3 Å². The van der Waals surface area contributed by atoms with Crippen molar-refractivity contribution in [2.24, 2.45) is 5.41 Å². The lowest BCUT2D eigenvalue weighted by atomic mass is 9.85. The Morgan fingerprint density at radius 3 is 2.19 bits per heavy atom. The largest absolute Gasteiger partial charge is 0.392 e. The average molecular weight is 245 g/mol. The van der Waals surface area contributed by atoms with Gasteiger partial charge < -0.3 is 5.11 Å². The van der Waals surface area contributed by atoms with Gasteiger partial charge in [-0.25, -0.2) is 0 Å². The number of aliphatic hydroxyl groups is 1. The van der Waals surface area contributed by atoms with Crippen molar-refractivity contribution in [3.05, 3.63) is 0 Å². The minimum absolute atomic E-state index is 0.186. The summed E-state index contributed by atoms with van der Waals surface area (Å²) >= 11 is 4.50. The van der Waals surface area contributed by atoms with E-state index in [0.29, 0.717) is 13.0 Å². The number of β-amino-alcohol motifs (C(OH)–C–C–N with tert-alkyl or cyclic N) is 1. The first kappa shape index (κ1) is 14.0. The van der Waals surface area contributed by atoms with Gasteiger partial charge >= 0.3 is 0 Å². The summed E-state index contributed by atoms with van der Waals surface area (Å²) in [7, 11) is 0. The summed E-state index contributed by atoms with van der Waals surface area (Å²) in [6.07, 6.45) is 0.114. The van der Waals surface area contributed by atoms with Gasteiger partial charge in [0.1, 0.15) is 0 Å². The highest BCUT2D eigenvalue weighted by Gasteiger charge is 2.44. The third-order valence-electron chi connectivity index (χ3n) is 3.02. The molecule has 1 N–H and O–H groups in total. The molecule has 0 bridgehead atoms. The van der Waals surface area contributed by atoms with Crippen LogP contribution >= 0.6 is 12.6 Å². The van der Waals surface area contributed by atoms with Crippen LogP contribution in [0.25, 0.3) is 0 Å². The van der Waals surface area contributed by atoms with E-state index in [1.165, 1.54) is 0 Å². The summed E-state index contributed by atoms with van der Waals surface area (Å²) in [6.45, 7) is 10.2. The van der Waals surface area contributed by atoms with Crippen molar-refractivity contribution in [3.63, 3.8) is 0 Å². The minimum atomic E-state index is -0.414. The molecule has 1 aliphatic heterocycles. The second-order valence-electron chi connectivity index (χ2n) is 6.17. The van der Waals surface area contributed by atoms with Crippen LogP contribution in [0.1, 0.15) is 41.0 Å². The highest BCUT2D eigenvalue weighted by Crippen LogP contribution is 2.33. The number of rotatable bonds is 2. The fraction of sp³-hybridized carbons (Fsp3) is 0.917. The number of hydrogen-bond acceptors (Lipinski definition) is 4. The molecule has 3 nitrogen and oxygen atoms in total. The Kier molecular flexibility index (Phi) is 3.78. The van der Waals surface area contributed by atoms with Crippen LogP contribution in [-0.4, -0.2) is 39.4 Å². The number of aliphatic hydroxyl groups excluding tert-OH is 1. The smallest absolute Gasteiger partial charge is 0.155 e. The van der Waals surface area contributed by atoms with E-state index < -0.39 is 6.10 Å². The van der Waals surface area contributed by atoms with E-state index >= 15 is 0 Å². The van der Waals surface area contributed by atoms with Crippen molar-refractivity contribution in [2.45, 2.75) is 58.1 Å². The van der Waals surface area contributed by atoms with Crippen LogP contribution in [0.4, 0.5) is 0 Å². The van der Waals surface area contributed by atoms with Gasteiger partial charge in [-0.15, -0.1) is 0 Å². The highest BCUT2D eigenvalue weighted by molar-refractivity contribution is 7.81. The monoisotopic (exact) mass is 245 g/mol. The molecule has 1 saturated heterocycles. The van der Waals surface area contributed by atoms with Crippen molar-refractivity contribution in [1.82, 2.24) is 4.90 Å². The average Bonchev–Trinajstić information content (AvgIpc) is 2.43. The maximum atomic E-state index is 12.3. The van der Waals surface area contributed by atoms with E-state index in [1.54, 1.807) is 0 Å². The van der Waals surface area contributed by atoms with Gasteiger partial charge in [0.15, 0.2) is 5.78 Å². The molecule has 0 unspecified atom stereocenters. The molecule has 94 valence electrons. The van der Waals surface area contributed by atoms with Gasteiger partial charge in [-0.2, -0.15) is 12.6 Å². The molecule has 0 aromatic heterocycles. The lowest BCUT2D eigenvalue weighted by molar-refractivity contribution is -0.131. The van der Waals surface area contributed by atoms with Crippen molar-refractivity contribution in [1.29, 1.82) is 0 Å². The molecular formula is C12H23NO2S. The van der Waals surface area contributed by atoms with Gasteiger partial charge in [-0.3, -0.25) is 9.69 Å². The topological polar surface area (TPSA) is 40.5 Å². The number of carbonyl (C=O) groups is 1. The lowest BCUT2D eigenvalue weighted by Crippen LogP contribution is -2.49. The predicted octanol–water partition coefficient (Wildman–Crippen LogP) is 1.70. The van der Waals surface area contributed by atoms with E-state index in [2.05, 4.69) is 12.6 Å². The summed E-state index contributed by atoms with van der Waals surface area (Å²) in [5, 5.41) is 9.72. The molecule has 4 heteroatoms. The summed E-state index contributed by atoms with van der Waals surface area (Å²) in [5.41, 5.74) is -0.369. The predicted molar refractivity (Wildman–Crippen MR) is 68.6 cm³/mol. The Balaban J connectivity index is 2.91. The summed E-state index contributed by atoms with van der Waals surface area (Å²) < 4.78 is 0. The Bertz CT molecular complexity index is 278. The number of carbonyl (C=O) groups excluding carboxylic acids is 1. The fourth-order valence-electron chi connectivity index (χ4n) is 2.17. The quantitative estimate of drug-likeness (QED) is 0.728. The zero-order valence-electron chi connectivity index (χ0n) is 10.8. The highest BCUT2D eigenvalue weighted by atomic mass is 32.1. The molecule has 0 radical (unpaired) electrons. The second kappa shape index (κ2) is 4.31.